The molecule has 0 spiro atoms. The largest absolute Gasteiger partial charge is 0.488 e. The van der Waals surface area contributed by atoms with Crippen molar-refractivity contribution >= 4 is 0 Å². The number of nitrogens with one attached hydrogen (secondary N) is 1. The van der Waals surface area contributed by atoms with E-state index in [-0.39, 0.29) is 18.1 Å². The van der Waals surface area contributed by atoms with E-state index in [4.69, 9.17) is 4.74 Å². The van der Waals surface area contributed by atoms with Gasteiger partial charge in [0.1, 0.15) is 11.4 Å². The third-order valence-electron chi connectivity index (χ3n) is 3.98. The number of hydrogen-bond acceptors (Lipinski definition) is 3. The molecule has 1 saturated heterocycles. The average molecular weight is 344 g/mol. The summed E-state index contributed by atoms with van der Waals surface area (Å²) in [6, 6.07) is 7.28. The maximum absolute atomic E-state index is 12.7. The van der Waals surface area contributed by atoms with Crippen molar-refractivity contribution in [2.45, 2.75) is 51.4 Å². The van der Waals surface area contributed by atoms with Gasteiger partial charge in [-0.25, -0.2) is 0 Å². The lowest BCUT2D eigenvalue weighted by atomic mass is 9.99. The molecule has 1 aliphatic rings. The molecule has 0 amide bonds. The lowest BCUT2D eigenvalue weighted by Gasteiger charge is -2.35. The molecule has 1 atom stereocenters. The molecule has 1 aromatic rings. The number of halogens is 3. The van der Waals surface area contributed by atoms with E-state index in [2.05, 4.69) is 10.2 Å². The highest BCUT2D eigenvalue weighted by atomic mass is 19.4. The molecule has 0 bridgehead atoms. The summed E-state index contributed by atoms with van der Waals surface area (Å²) < 4.78 is 43.9. The summed E-state index contributed by atoms with van der Waals surface area (Å²) in [6.07, 6.45) is -4.80. The summed E-state index contributed by atoms with van der Waals surface area (Å²) in [5.74, 6) is 0.737. The van der Waals surface area contributed by atoms with Crippen molar-refractivity contribution < 1.29 is 17.9 Å². The highest BCUT2D eigenvalue weighted by molar-refractivity contribution is 5.30. The summed E-state index contributed by atoms with van der Waals surface area (Å²) in [5.41, 5.74) is 0.623. The first kappa shape index (κ1) is 19.1. The molecule has 2 rings (SSSR count). The third-order valence-corrected chi connectivity index (χ3v) is 3.98. The van der Waals surface area contributed by atoms with E-state index < -0.39 is 12.6 Å². The van der Waals surface area contributed by atoms with Crippen LogP contribution in [0, 0.1) is 0 Å². The van der Waals surface area contributed by atoms with Crippen LogP contribution in [0.15, 0.2) is 24.3 Å². The summed E-state index contributed by atoms with van der Waals surface area (Å²) in [7, 11) is 0. The second kappa shape index (κ2) is 7.74. The van der Waals surface area contributed by atoms with Crippen molar-refractivity contribution in [1.82, 2.24) is 10.2 Å². The Morgan fingerprint density at radius 1 is 1.08 bits per heavy atom. The first-order chi connectivity index (χ1) is 11.1. The molecule has 0 aromatic heterocycles. The lowest BCUT2D eigenvalue weighted by molar-refractivity contribution is -0.138. The summed E-state index contributed by atoms with van der Waals surface area (Å²) in [6.45, 7) is 9.06. The first-order valence-corrected chi connectivity index (χ1v) is 8.44. The van der Waals surface area contributed by atoms with Gasteiger partial charge in [-0.1, -0.05) is 12.1 Å². The first-order valence-electron chi connectivity index (χ1n) is 8.44. The fraction of sp³-hybridized carbons (Fsp3) is 0.667. The summed E-state index contributed by atoms with van der Waals surface area (Å²) >= 11 is 0. The normalized spacial score (nSPS) is 18.4. The predicted molar refractivity (Wildman–Crippen MR) is 89.3 cm³/mol. The molecular formula is C18H27F3N2O. The maximum atomic E-state index is 12.7. The zero-order valence-corrected chi connectivity index (χ0v) is 14.6. The van der Waals surface area contributed by atoms with Gasteiger partial charge in [0.2, 0.25) is 0 Å². The Balaban J connectivity index is 2.12. The van der Waals surface area contributed by atoms with Crippen LogP contribution in [-0.2, 0) is 0 Å². The fourth-order valence-corrected chi connectivity index (χ4v) is 2.97. The Labute approximate surface area is 142 Å². The van der Waals surface area contributed by atoms with Gasteiger partial charge < -0.3 is 10.1 Å². The molecule has 0 unspecified atom stereocenters. The van der Waals surface area contributed by atoms with E-state index in [9.17, 15) is 13.2 Å². The van der Waals surface area contributed by atoms with Gasteiger partial charge in [0, 0.05) is 38.6 Å². The van der Waals surface area contributed by atoms with Crippen LogP contribution in [0.2, 0.25) is 0 Å². The summed E-state index contributed by atoms with van der Waals surface area (Å²) in [4.78, 5) is 2.14. The maximum Gasteiger partial charge on any atom is 0.389 e. The van der Waals surface area contributed by atoms with Crippen molar-refractivity contribution in [2.75, 3.05) is 26.2 Å². The molecule has 1 fully saturated rings. The number of piperazine rings is 1. The van der Waals surface area contributed by atoms with Gasteiger partial charge in [-0.05, 0) is 44.9 Å². The van der Waals surface area contributed by atoms with E-state index >= 15 is 0 Å². The van der Waals surface area contributed by atoms with Gasteiger partial charge in [-0.15, -0.1) is 0 Å². The Bertz CT molecular complexity index is 502. The second-order valence-corrected chi connectivity index (χ2v) is 7.24. The van der Waals surface area contributed by atoms with Crippen molar-refractivity contribution in [3.05, 3.63) is 29.8 Å². The second-order valence-electron chi connectivity index (χ2n) is 7.24. The zero-order valence-electron chi connectivity index (χ0n) is 14.6. The van der Waals surface area contributed by atoms with Crippen LogP contribution < -0.4 is 10.1 Å². The Morgan fingerprint density at radius 2 is 1.67 bits per heavy atom. The van der Waals surface area contributed by atoms with Gasteiger partial charge >= 0.3 is 6.18 Å². The smallest absolute Gasteiger partial charge is 0.389 e. The number of hydrogen-bond donors (Lipinski definition) is 1. The van der Waals surface area contributed by atoms with Crippen LogP contribution in [0.3, 0.4) is 0 Å². The molecule has 3 nitrogen and oxygen atoms in total. The predicted octanol–water partition coefficient (Wildman–Crippen LogP) is 4.15. The highest BCUT2D eigenvalue weighted by Crippen LogP contribution is 2.32. The molecule has 1 aromatic carbocycles. The highest BCUT2D eigenvalue weighted by Gasteiger charge is 2.31. The Hall–Kier alpha value is -1.27. The zero-order chi connectivity index (χ0) is 17.8. The van der Waals surface area contributed by atoms with E-state index in [1.165, 1.54) is 0 Å². The lowest BCUT2D eigenvalue weighted by Crippen LogP contribution is -2.45. The molecule has 1 heterocycles. The number of rotatable bonds is 5. The van der Waals surface area contributed by atoms with Gasteiger partial charge in [0.15, 0.2) is 0 Å². The van der Waals surface area contributed by atoms with Crippen LogP contribution in [0.5, 0.6) is 5.75 Å². The van der Waals surface area contributed by atoms with Crippen LogP contribution in [-0.4, -0.2) is 42.9 Å². The van der Waals surface area contributed by atoms with Gasteiger partial charge in [-0.2, -0.15) is 13.2 Å². The number of alkyl halides is 3. The third kappa shape index (κ3) is 6.32. The number of ether oxygens (including phenoxy) is 1. The minimum Gasteiger partial charge on any atom is -0.488 e. The molecule has 0 aliphatic carbocycles. The quantitative estimate of drug-likeness (QED) is 0.868. The topological polar surface area (TPSA) is 24.5 Å². The van der Waals surface area contributed by atoms with Crippen molar-refractivity contribution in [3.8, 4) is 5.75 Å². The number of benzene rings is 1. The minimum absolute atomic E-state index is 0.0863. The van der Waals surface area contributed by atoms with Gasteiger partial charge in [0.05, 0.1) is 0 Å². The molecule has 1 aliphatic heterocycles. The van der Waals surface area contributed by atoms with E-state index in [0.717, 1.165) is 37.5 Å². The molecule has 1 N–H and O–H groups in total. The molecule has 0 saturated carbocycles. The Morgan fingerprint density at radius 3 is 2.17 bits per heavy atom. The summed E-state index contributed by atoms with van der Waals surface area (Å²) in [5, 5.41) is 3.24. The van der Waals surface area contributed by atoms with Crippen LogP contribution in [0.25, 0.3) is 0 Å². The number of nitrogens with zero attached hydrogens (tertiary/aromatic N) is 1. The van der Waals surface area contributed by atoms with Gasteiger partial charge in [-0.3, -0.25) is 4.90 Å². The standard InChI is InChI=1S/C18H27F3N2O/c1-17(2,3)24-15-6-4-14(5-7-15)16(8-9-18(19,20)21)23-12-10-22-11-13-23/h4-7,16,22H,8-13H2,1-3H3/t16-/m0/s1. The van der Waals surface area contributed by atoms with Gasteiger partial charge in [0.25, 0.3) is 0 Å². The minimum atomic E-state index is -4.12. The monoisotopic (exact) mass is 344 g/mol. The van der Waals surface area contributed by atoms with Crippen LogP contribution >= 0.6 is 0 Å². The molecular weight excluding hydrogens is 317 g/mol. The molecule has 6 heteroatoms. The van der Waals surface area contributed by atoms with E-state index in [1.807, 2.05) is 45.0 Å². The molecule has 0 radical (unpaired) electrons. The van der Waals surface area contributed by atoms with Crippen molar-refractivity contribution in [3.63, 3.8) is 0 Å². The average Bonchev–Trinajstić information content (AvgIpc) is 2.47. The van der Waals surface area contributed by atoms with Crippen LogP contribution in [0.4, 0.5) is 13.2 Å². The van der Waals surface area contributed by atoms with Crippen molar-refractivity contribution in [1.29, 1.82) is 0 Å². The molecule has 24 heavy (non-hydrogen) atoms. The van der Waals surface area contributed by atoms with Crippen LogP contribution in [0.1, 0.15) is 45.2 Å². The SMILES string of the molecule is CC(C)(C)Oc1ccc([C@H](CCC(F)(F)F)N2CCNCC2)cc1. The molecule has 136 valence electrons. The Kier molecular flexibility index (Phi) is 6.15. The van der Waals surface area contributed by atoms with Crippen molar-refractivity contribution in [2.24, 2.45) is 0 Å². The van der Waals surface area contributed by atoms with E-state index in [0.29, 0.717) is 0 Å². The van der Waals surface area contributed by atoms with E-state index in [1.54, 1.807) is 0 Å². The fourth-order valence-electron chi connectivity index (χ4n) is 2.97.